The Bertz CT molecular complexity index is 291. The zero-order valence-corrected chi connectivity index (χ0v) is 12.6. The molecule has 2 aliphatic rings. The van der Waals surface area contributed by atoms with Crippen molar-refractivity contribution in [2.45, 2.75) is 64.3 Å². The van der Waals surface area contributed by atoms with Gasteiger partial charge in [0.15, 0.2) is 0 Å². The van der Waals surface area contributed by atoms with Gasteiger partial charge < -0.3 is 5.32 Å². The van der Waals surface area contributed by atoms with E-state index in [1.807, 2.05) is 0 Å². The molecule has 0 aromatic carbocycles. The van der Waals surface area contributed by atoms with Crippen LogP contribution in [0.3, 0.4) is 0 Å². The van der Waals surface area contributed by atoms with Gasteiger partial charge in [-0.15, -0.1) is 0 Å². The summed E-state index contributed by atoms with van der Waals surface area (Å²) in [5.41, 5.74) is 0.254. The highest BCUT2D eigenvalue weighted by molar-refractivity contribution is 9.09. The van der Waals surface area contributed by atoms with Crippen molar-refractivity contribution in [3.8, 4) is 0 Å². The van der Waals surface area contributed by atoms with Crippen molar-refractivity contribution in [3.63, 3.8) is 0 Å². The van der Waals surface area contributed by atoms with E-state index in [-0.39, 0.29) is 16.9 Å². The predicted molar refractivity (Wildman–Crippen MR) is 74.3 cm³/mol. The normalized spacial score (nSPS) is 30.4. The van der Waals surface area contributed by atoms with E-state index in [4.69, 9.17) is 0 Å². The van der Waals surface area contributed by atoms with Crippen LogP contribution in [0.4, 0.5) is 0 Å². The maximum atomic E-state index is 12.4. The van der Waals surface area contributed by atoms with Crippen LogP contribution in [0.25, 0.3) is 0 Å². The molecule has 2 rings (SSSR count). The molecule has 98 valence electrons. The summed E-state index contributed by atoms with van der Waals surface area (Å²) in [7, 11) is 0. The van der Waals surface area contributed by atoms with E-state index in [2.05, 4.69) is 35.1 Å². The van der Waals surface area contributed by atoms with Gasteiger partial charge >= 0.3 is 0 Å². The Balaban J connectivity index is 1.99. The van der Waals surface area contributed by atoms with Crippen molar-refractivity contribution in [2.24, 2.45) is 11.3 Å². The quantitative estimate of drug-likeness (QED) is 0.792. The first-order chi connectivity index (χ1) is 7.99. The second-order valence-electron chi connectivity index (χ2n) is 6.54. The maximum absolute atomic E-state index is 12.4. The SMILES string of the molecule is CC1(C)CCCCC1C(=O)NC1(CBr)CCC1. The van der Waals surface area contributed by atoms with E-state index in [9.17, 15) is 4.79 Å². The average molecular weight is 302 g/mol. The molecule has 0 bridgehead atoms. The molecule has 0 heterocycles. The Labute approximate surface area is 113 Å². The monoisotopic (exact) mass is 301 g/mol. The van der Waals surface area contributed by atoms with Gasteiger partial charge in [-0.05, 0) is 37.5 Å². The molecule has 2 fully saturated rings. The highest BCUT2D eigenvalue weighted by Gasteiger charge is 2.42. The first-order valence-corrected chi connectivity index (χ1v) is 7.99. The summed E-state index contributed by atoms with van der Waals surface area (Å²) in [5, 5.41) is 4.22. The third-order valence-corrected chi connectivity index (χ3v) is 5.85. The minimum absolute atomic E-state index is 0.0740. The molecule has 2 nitrogen and oxygen atoms in total. The summed E-state index contributed by atoms with van der Waals surface area (Å²) < 4.78 is 0. The van der Waals surface area contributed by atoms with Gasteiger partial charge in [-0.1, -0.05) is 42.6 Å². The van der Waals surface area contributed by atoms with E-state index < -0.39 is 0 Å². The van der Waals surface area contributed by atoms with Crippen LogP contribution in [0.1, 0.15) is 58.8 Å². The van der Waals surface area contributed by atoms with Crippen LogP contribution in [-0.4, -0.2) is 16.8 Å². The van der Waals surface area contributed by atoms with Crippen molar-refractivity contribution in [2.75, 3.05) is 5.33 Å². The molecule has 0 aromatic heterocycles. The number of rotatable bonds is 3. The lowest BCUT2D eigenvalue weighted by Gasteiger charge is -2.45. The number of hydrogen-bond donors (Lipinski definition) is 1. The standard InChI is InChI=1S/C14H24BrNO/c1-13(2)7-4-3-6-11(13)12(17)16-14(10-15)8-5-9-14/h11H,3-10H2,1-2H3,(H,16,17). The zero-order chi connectivity index (χ0) is 12.5. The van der Waals surface area contributed by atoms with E-state index >= 15 is 0 Å². The molecule has 1 N–H and O–H groups in total. The number of carbonyl (C=O) groups is 1. The largest absolute Gasteiger partial charge is 0.350 e. The van der Waals surface area contributed by atoms with Gasteiger partial charge in [0.25, 0.3) is 0 Å². The molecule has 17 heavy (non-hydrogen) atoms. The fourth-order valence-corrected chi connectivity index (χ4v) is 3.92. The fourth-order valence-electron chi connectivity index (χ4n) is 3.22. The molecule has 1 amide bonds. The third-order valence-electron chi connectivity index (χ3n) is 4.78. The third kappa shape index (κ3) is 2.69. The summed E-state index contributed by atoms with van der Waals surface area (Å²) in [6.07, 6.45) is 8.26. The summed E-state index contributed by atoms with van der Waals surface area (Å²) in [6.45, 7) is 4.50. The van der Waals surface area contributed by atoms with Gasteiger partial charge in [0.05, 0.1) is 0 Å². The van der Waals surface area contributed by atoms with Crippen LogP contribution in [0.15, 0.2) is 0 Å². The van der Waals surface area contributed by atoms with Crippen LogP contribution in [-0.2, 0) is 4.79 Å². The number of halogens is 1. The van der Waals surface area contributed by atoms with Crippen LogP contribution in [0.5, 0.6) is 0 Å². The molecule has 0 aromatic rings. The topological polar surface area (TPSA) is 29.1 Å². The first kappa shape index (κ1) is 13.4. The fraction of sp³-hybridized carbons (Fsp3) is 0.929. The molecule has 3 heteroatoms. The average Bonchev–Trinajstić information content (AvgIpc) is 2.22. The Morgan fingerprint density at radius 1 is 1.24 bits per heavy atom. The number of hydrogen-bond acceptors (Lipinski definition) is 1. The minimum Gasteiger partial charge on any atom is -0.350 e. The molecule has 0 spiro atoms. The second-order valence-corrected chi connectivity index (χ2v) is 7.10. The highest BCUT2D eigenvalue weighted by Crippen LogP contribution is 2.42. The van der Waals surface area contributed by atoms with Gasteiger partial charge in [-0.2, -0.15) is 0 Å². The number of amides is 1. The molecule has 1 atom stereocenters. The van der Waals surface area contributed by atoms with E-state index in [1.165, 1.54) is 25.7 Å². The molecule has 1 unspecified atom stereocenters. The van der Waals surface area contributed by atoms with Crippen LogP contribution >= 0.6 is 15.9 Å². The lowest BCUT2D eigenvalue weighted by molar-refractivity contribution is -0.133. The number of carbonyl (C=O) groups excluding carboxylic acids is 1. The van der Waals surface area contributed by atoms with Crippen molar-refractivity contribution in [1.29, 1.82) is 0 Å². The summed E-state index contributed by atoms with van der Waals surface area (Å²) in [5.74, 6) is 0.515. The Hall–Kier alpha value is -0.0500. The molecular formula is C14H24BrNO. The van der Waals surface area contributed by atoms with E-state index in [0.717, 1.165) is 24.6 Å². The maximum Gasteiger partial charge on any atom is 0.224 e. The van der Waals surface area contributed by atoms with Crippen molar-refractivity contribution >= 4 is 21.8 Å². The summed E-state index contributed by atoms with van der Waals surface area (Å²) in [4.78, 5) is 12.4. The Morgan fingerprint density at radius 3 is 2.41 bits per heavy atom. The van der Waals surface area contributed by atoms with Gasteiger partial charge in [-0.25, -0.2) is 0 Å². The molecule has 0 aliphatic heterocycles. The number of alkyl halides is 1. The second kappa shape index (κ2) is 4.91. The molecule has 2 saturated carbocycles. The lowest BCUT2D eigenvalue weighted by Crippen LogP contribution is -2.57. The summed E-state index contributed by atoms with van der Waals surface area (Å²) in [6, 6.07) is 0. The minimum atomic E-state index is 0.0740. The molecule has 0 radical (unpaired) electrons. The van der Waals surface area contributed by atoms with E-state index in [1.54, 1.807) is 0 Å². The van der Waals surface area contributed by atoms with Crippen molar-refractivity contribution in [1.82, 2.24) is 5.32 Å². The summed E-state index contributed by atoms with van der Waals surface area (Å²) >= 11 is 3.55. The van der Waals surface area contributed by atoms with Crippen molar-refractivity contribution < 1.29 is 4.79 Å². The van der Waals surface area contributed by atoms with Crippen LogP contribution in [0.2, 0.25) is 0 Å². The van der Waals surface area contributed by atoms with Crippen LogP contribution in [0, 0.1) is 11.3 Å². The molecule has 0 saturated heterocycles. The van der Waals surface area contributed by atoms with Gasteiger partial charge in [0.1, 0.15) is 0 Å². The van der Waals surface area contributed by atoms with E-state index in [0.29, 0.717) is 5.91 Å². The van der Waals surface area contributed by atoms with Gasteiger partial charge in [0.2, 0.25) is 5.91 Å². The highest BCUT2D eigenvalue weighted by atomic mass is 79.9. The predicted octanol–water partition coefficient (Wildman–Crippen LogP) is 3.64. The van der Waals surface area contributed by atoms with Gasteiger partial charge in [-0.3, -0.25) is 4.79 Å². The Morgan fingerprint density at radius 2 is 1.94 bits per heavy atom. The van der Waals surface area contributed by atoms with Crippen LogP contribution < -0.4 is 5.32 Å². The molecule has 2 aliphatic carbocycles. The first-order valence-electron chi connectivity index (χ1n) is 6.87. The zero-order valence-electron chi connectivity index (χ0n) is 11.0. The lowest BCUT2D eigenvalue weighted by atomic mass is 9.68. The van der Waals surface area contributed by atoms with Gasteiger partial charge in [0, 0.05) is 16.8 Å². The smallest absolute Gasteiger partial charge is 0.224 e. The molecular weight excluding hydrogens is 278 g/mol. The number of nitrogens with one attached hydrogen (secondary N) is 1. The Kier molecular flexibility index (Phi) is 3.86. The van der Waals surface area contributed by atoms with Crippen molar-refractivity contribution in [3.05, 3.63) is 0 Å².